The first kappa shape index (κ1) is 36.8. The van der Waals surface area contributed by atoms with Crippen LogP contribution in [0, 0.1) is 0 Å². The molecule has 1 heterocycles. The van der Waals surface area contributed by atoms with Crippen LogP contribution in [0.15, 0.2) is 222 Å². The number of amidine groups is 1. The van der Waals surface area contributed by atoms with E-state index in [0.29, 0.717) is 12.4 Å². The average Bonchev–Trinajstić information content (AvgIpc) is 3.31. The molecule has 9 aromatic rings. The van der Waals surface area contributed by atoms with Crippen LogP contribution < -0.4 is 0 Å². The Hall–Kier alpha value is -6.83. The molecule has 1 aromatic heterocycles. The Morgan fingerprint density at radius 3 is 1.48 bits per heavy atom. The van der Waals surface area contributed by atoms with Crippen LogP contribution in [-0.2, 0) is 6.54 Å². The van der Waals surface area contributed by atoms with E-state index in [2.05, 4.69) is 192 Å². The highest BCUT2D eigenvalue weighted by atomic mass is 127. The number of rotatable bonds is 9. The molecule has 0 saturated carbocycles. The number of fused-ring (bicyclic) bond motifs is 1. The highest BCUT2D eigenvalue weighted by molar-refractivity contribution is 14.1. The fourth-order valence-corrected chi connectivity index (χ4v) is 7.87. The maximum atomic E-state index is 5.55. The van der Waals surface area contributed by atoms with Crippen molar-refractivity contribution in [2.24, 2.45) is 9.98 Å². The van der Waals surface area contributed by atoms with Crippen molar-refractivity contribution in [3.63, 3.8) is 0 Å². The molecule has 0 fully saturated rings. The van der Waals surface area contributed by atoms with E-state index in [9.17, 15) is 0 Å². The Morgan fingerprint density at radius 1 is 0.431 bits per heavy atom. The molecule has 58 heavy (non-hydrogen) atoms. The number of aromatic nitrogens is 2. The molecule has 0 unspecified atom stereocenters. The van der Waals surface area contributed by atoms with Crippen molar-refractivity contribution in [1.82, 2.24) is 9.97 Å². The Balaban J connectivity index is 1.27. The minimum absolute atomic E-state index is 0.497. The smallest absolute Gasteiger partial charge is 0.156 e. The van der Waals surface area contributed by atoms with E-state index < -0.39 is 0 Å². The quantitative estimate of drug-likeness (QED) is 0.0825. The predicted octanol–water partition coefficient (Wildman–Crippen LogP) is 13.8. The fraction of sp³-hybridized carbons (Fsp3) is 0.0189. The molecule has 4 nitrogen and oxygen atoms in total. The summed E-state index contributed by atoms with van der Waals surface area (Å²) in [5.41, 5.74) is 12.5. The molecule has 0 N–H and O–H groups in total. The Labute approximate surface area is 352 Å². The van der Waals surface area contributed by atoms with Gasteiger partial charge in [-0.05, 0) is 56.6 Å². The number of halogens is 1. The van der Waals surface area contributed by atoms with Gasteiger partial charge in [-0.15, -0.1) is 0 Å². The van der Waals surface area contributed by atoms with E-state index in [1.807, 2.05) is 42.5 Å². The highest BCUT2D eigenvalue weighted by Gasteiger charge is 2.21. The van der Waals surface area contributed by atoms with Crippen LogP contribution in [-0.4, -0.2) is 19.5 Å². The number of hydrogen-bond donors (Lipinski definition) is 0. The van der Waals surface area contributed by atoms with Crippen LogP contribution in [0.5, 0.6) is 0 Å². The average molecular weight is 857 g/mol. The third kappa shape index (κ3) is 7.90. The minimum atomic E-state index is 0.497. The van der Waals surface area contributed by atoms with Gasteiger partial charge in [-0.3, -0.25) is 4.99 Å². The zero-order chi connectivity index (χ0) is 39.1. The van der Waals surface area contributed by atoms with E-state index >= 15 is 0 Å². The van der Waals surface area contributed by atoms with Gasteiger partial charge in [0.05, 0.1) is 29.3 Å². The van der Waals surface area contributed by atoms with E-state index in [4.69, 9.17) is 20.0 Å². The van der Waals surface area contributed by atoms with Crippen LogP contribution in [0.1, 0.15) is 16.7 Å². The Bertz CT molecular complexity index is 2890. The monoisotopic (exact) mass is 856 g/mol. The highest BCUT2D eigenvalue weighted by Crippen LogP contribution is 2.40. The van der Waals surface area contributed by atoms with Crippen LogP contribution in [0.4, 0.5) is 0 Å². The summed E-state index contributed by atoms with van der Waals surface area (Å²) in [4.78, 5) is 21.5. The zero-order valence-corrected chi connectivity index (χ0v) is 33.7. The molecule has 0 atom stereocenters. The summed E-state index contributed by atoms with van der Waals surface area (Å²) in [6, 6.07) is 73.3. The molecule has 8 aromatic carbocycles. The molecule has 0 aliphatic carbocycles. The van der Waals surface area contributed by atoms with Crippen molar-refractivity contribution in [2.45, 2.75) is 6.54 Å². The van der Waals surface area contributed by atoms with Gasteiger partial charge in [-0.1, -0.05) is 200 Å². The van der Waals surface area contributed by atoms with Crippen LogP contribution >= 0.6 is 22.6 Å². The summed E-state index contributed by atoms with van der Waals surface area (Å²) < 4.78 is 0.868. The molecule has 0 aliphatic heterocycles. The third-order valence-electron chi connectivity index (χ3n) is 10.1. The summed E-state index contributed by atoms with van der Waals surface area (Å²) >= 11 is 2.34. The van der Waals surface area contributed by atoms with Gasteiger partial charge in [0.1, 0.15) is 3.72 Å². The second-order valence-corrected chi connectivity index (χ2v) is 14.9. The minimum Gasteiger partial charge on any atom is -0.261 e. The standard InChI is InChI=1S/C53H37IN4/c54-52(42-28-14-5-15-29-42)58-53(55-36-37-19-6-1-7-20-37)46-34-33-38-21-16-17-32-45(38)47(46)43-30-18-31-44(35-43)51-50(41-26-12-4-13-27-41)56-48(39-22-8-2-9-23-39)49(57-51)40-24-10-3-11-25-40/h1-35H,36H2/b55-53-,58-52-. The Kier molecular flexibility index (Phi) is 10.9. The van der Waals surface area contributed by atoms with Crippen molar-refractivity contribution < 1.29 is 0 Å². The van der Waals surface area contributed by atoms with Crippen LogP contribution in [0.3, 0.4) is 0 Å². The van der Waals surface area contributed by atoms with Gasteiger partial charge < -0.3 is 0 Å². The maximum Gasteiger partial charge on any atom is 0.156 e. The lowest BCUT2D eigenvalue weighted by Crippen LogP contribution is -2.06. The largest absolute Gasteiger partial charge is 0.261 e. The van der Waals surface area contributed by atoms with Gasteiger partial charge >= 0.3 is 0 Å². The number of aliphatic imine (C=N–C) groups is 2. The summed E-state index contributed by atoms with van der Waals surface area (Å²) in [6.07, 6.45) is 0. The summed E-state index contributed by atoms with van der Waals surface area (Å²) in [5, 5.41) is 2.26. The zero-order valence-electron chi connectivity index (χ0n) is 31.6. The number of benzene rings is 8. The fourth-order valence-electron chi connectivity index (χ4n) is 7.28. The van der Waals surface area contributed by atoms with E-state index in [1.54, 1.807) is 0 Å². The van der Waals surface area contributed by atoms with Crippen molar-refractivity contribution in [1.29, 1.82) is 0 Å². The summed E-state index contributed by atoms with van der Waals surface area (Å²) in [5.74, 6) is 0.673. The summed E-state index contributed by atoms with van der Waals surface area (Å²) in [6.45, 7) is 0.497. The van der Waals surface area contributed by atoms with Crippen molar-refractivity contribution in [2.75, 3.05) is 0 Å². The topological polar surface area (TPSA) is 50.5 Å². The van der Waals surface area contributed by atoms with Crippen molar-refractivity contribution in [3.05, 3.63) is 229 Å². The first-order valence-electron chi connectivity index (χ1n) is 19.3. The SMILES string of the molecule is I/C(=N\C(=N/Cc1ccccc1)c1ccc2ccccc2c1-c1cccc(-c2nc(-c3ccccc3)c(-c3ccccc3)nc2-c2ccccc2)c1)c1ccccc1. The maximum absolute atomic E-state index is 5.55. The van der Waals surface area contributed by atoms with Gasteiger partial charge in [0, 0.05) is 38.9 Å². The lowest BCUT2D eigenvalue weighted by molar-refractivity contribution is 1.06. The van der Waals surface area contributed by atoms with Crippen LogP contribution in [0.25, 0.3) is 66.9 Å². The van der Waals surface area contributed by atoms with Gasteiger partial charge in [-0.2, -0.15) is 0 Å². The lowest BCUT2D eigenvalue weighted by Gasteiger charge is -2.18. The summed E-state index contributed by atoms with van der Waals surface area (Å²) in [7, 11) is 0. The van der Waals surface area contributed by atoms with E-state index in [0.717, 1.165) is 87.3 Å². The van der Waals surface area contributed by atoms with E-state index in [1.165, 1.54) is 0 Å². The van der Waals surface area contributed by atoms with Crippen molar-refractivity contribution in [3.8, 4) is 56.2 Å². The molecule has 0 aliphatic rings. The molecule has 276 valence electrons. The Morgan fingerprint density at radius 2 is 0.897 bits per heavy atom. The lowest BCUT2D eigenvalue weighted by atomic mass is 9.91. The molecular formula is C53H37IN4. The third-order valence-corrected chi connectivity index (χ3v) is 11.0. The van der Waals surface area contributed by atoms with Gasteiger partial charge in [0.25, 0.3) is 0 Å². The first-order chi connectivity index (χ1) is 28.7. The molecule has 0 spiro atoms. The molecule has 0 saturated heterocycles. The molecule has 5 heteroatoms. The van der Waals surface area contributed by atoms with Crippen molar-refractivity contribution >= 4 is 42.9 Å². The second-order valence-electron chi connectivity index (χ2n) is 13.9. The molecule has 0 amide bonds. The van der Waals surface area contributed by atoms with Crippen LogP contribution in [0.2, 0.25) is 0 Å². The molecule has 9 rings (SSSR count). The number of nitrogens with zero attached hydrogens (tertiary/aromatic N) is 4. The first-order valence-corrected chi connectivity index (χ1v) is 20.4. The normalized spacial score (nSPS) is 11.8. The molecular weight excluding hydrogens is 820 g/mol. The van der Waals surface area contributed by atoms with E-state index in [-0.39, 0.29) is 0 Å². The van der Waals surface area contributed by atoms with Gasteiger partial charge in [0.15, 0.2) is 5.84 Å². The number of hydrogen-bond acceptors (Lipinski definition) is 3. The molecule has 0 bridgehead atoms. The predicted molar refractivity (Wildman–Crippen MR) is 250 cm³/mol. The molecule has 0 radical (unpaired) electrons. The van der Waals surface area contributed by atoms with Gasteiger partial charge in [0.2, 0.25) is 0 Å². The second kappa shape index (κ2) is 17.1. The van der Waals surface area contributed by atoms with Gasteiger partial charge in [-0.25, -0.2) is 15.0 Å².